The molecule has 20 heavy (non-hydrogen) atoms. The van der Waals surface area contributed by atoms with Crippen LogP contribution in [-0.2, 0) is 5.54 Å². The van der Waals surface area contributed by atoms with Crippen LogP contribution in [-0.4, -0.2) is 18.1 Å². The number of hydroxylamine groups is 1. The van der Waals surface area contributed by atoms with E-state index in [1.165, 1.54) is 0 Å². The lowest BCUT2D eigenvalue weighted by molar-refractivity contribution is -0.545. The Morgan fingerprint density at radius 2 is 1.60 bits per heavy atom. The molecule has 0 aliphatic rings. The molecular formula is C17H19NO2. The molecule has 0 atom stereocenters. The Bertz CT molecular complexity index is 586. The third kappa shape index (κ3) is 2.99. The predicted molar refractivity (Wildman–Crippen MR) is 81.3 cm³/mol. The highest BCUT2D eigenvalue weighted by molar-refractivity contribution is 5.76. The molecule has 0 saturated heterocycles. The fourth-order valence-corrected chi connectivity index (χ4v) is 1.96. The number of hydrogen-bond donors (Lipinski definition) is 0. The smallest absolute Gasteiger partial charge is 0.192 e. The molecule has 0 radical (unpaired) electrons. The van der Waals surface area contributed by atoms with E-state index in [-0.39, 0.29) is 0 Å². The highest BCUT2D eigenvalue weighted by atomic mass is 16.5. The Balaban J connectivity index is 2.29. The number of ether oxygens (including phenoxy) is 1. The summed E-state index contributed by atoms with van der Waals surface area (Å²) in [4.78, 5) is 0. The zero-order valence-corrected chi connectivity index (χ0v) is 12.0. The van der Waals surface area contributed by atoms with Gasteiger partial charge in [-0.2, -0.15) is 0 Å². The highest BCUT2D eigenvalue weighted by Crippen LogP contribution is 2.23. The molecule has 0 bridgehead atoms. The Hall–Kier alpha value is -2.29. The van der Waals surface area contributed by atoms with Gasteiger partial charge in [0.25, 0.3) is 0 Å². The van der Waals surface area contributed by atoms with Crippen molar-refractivity contribution in [2.24, 2.45) is 0 Å². The molecule has 0 saturated carbocycles. The zero-order valence-electron chi connectivity index (χ0n) is 12.0. The van der Waals surface area contributed by atoms with Gasteiger partial charge in [-0.1, -0.05) is 30.3 Å². The minimum atomic E-state index is -0.610. The van der Waals surface area contributed by atoms with Gasteiger partial charge >= 0.3 is 0 Å². The van der Waals surface area contributed by atoms with Crippen LogP contribution in [0, 0.1) is 5.21 Å². The van der Waals surface area contributed by atoms with E-state index < -0.39 is 5.54 Å². The molecule has 0 fully saturated rings. The van der Waals surface area contributed by atoms with Gasteiger partial charge in [-0.25, -0.2) is 4.74 Å². The summed E-state index contributed by atoms with van der Waals surface area (Å²) in [5.74, 6) is 0.780. The van der Waals surface area contributed by atoms with E-state index in [4.69, 9.17) is 4.74 Å². The second kappa shape index (κ2) is 5.78. The number of rotatable bonds is 4. The monoisotopic (exact) mass is 269 g/mol. The van der Waals surface area contributed by atoms with E-state index in [1.807, 2.05) is 68.4 Å². The van der Waals surface area contributed by atoms with Crippen LogP contribution in [0.3, 0.4) is 0 Å². The Morgan fingerprint density at radius 1 is 1.00 bits per heavy atom. The van der Waals surface area contributed by atoms with Gasteiger partial charge in [-0.15, -0.1) is 0 Å². The molecular weight excluding hydrogens is 250 g/mol. The average molecular weight is 269 g/mol. The van der Waals surface area contributed by atoms with Crippen LogP contribution >= 0.6 is 0 Å². The minimum absolute atomic E-state index is 0.610. The molecule has 0 heterocycles. The van der Waals surface area contributed by atoms with Gasteiger partial charge < -0.3 is 9.94 Å². The van der Waals surface area contributed by atoms with Crippen molar-refractivity contribution < 1.29 is 9.48 Å². The standard InChI is InChI=1S/C17H19NO2/c1-17(2,15-7-5-4-6-8-15)18(19)13-14-9-11-16(20-3)12-10-14/h4-13H,1-3H3. The van der Waals surface area contributed by atoms with Crippen molar-refractivity contribution >= 4 is 6.21 Å². The van der Waals surface area contributed by atoms with Gasteiger partial charge in [0, 0.05) is 25.0 Å². The molecule has 0 amide bonds. The summed E-state index contributed by atoms with van der Waals surface area (Å²) in [5.41, 5.74) is 1.23. The van der Waals surface area contributed by atoms with Gasteiger partial charge in [0.2, 0.25) is 0 Å². The number of nitrogens with zero attached hydrogens (tertiary/aromatic N) is 1. The Kier molecular flexibility index (Phi) is 4.08. The van der Waals surface area contributed by atoms with Crippen LogP contribution in [0.15, 0.2) is 54.6 Å². The van der Waals surface area contributed by atoms with Crippen molar-refractivity contribution in [3.63, 3.8) is 0 Å². The van der Waals surface area contributed by atoms with Crippen molar-refractivity contribution in [3.8, 4) is 5.75 Å². The molecule has 0 unspecified atom stereocenters. The summed E-state index contributed by atoms with van der Waals surface area (Å²) in [5, 5.41) is 12.4. The Morgan fingerprint density at radius 3 is 2.15 bits per heavy atom. The number of hydrogen-bond acceptors (Lipinski definition) is 2. The fraction of sp³-hybridized carbons (Fsp3) is 0.235. The number of benzene rings is 2. The summed E-state index contributed by atoms with van der Waals surface area (Å²) >= 11 is 0. The maximum absolute atomic E-state index is 12.4. The lowest BCUT2D eigenvalue weighted by atomic mass is 9.95. The van der Waals surface area contributed by atoms with Crippen LogP contribution in [0.4, 0.5) is 0 Å². The van der Waals surface area contributed by atoms with E-state index in [0.717, 1.165) is 21.6 Å². The maximum Gasteiger partial charge on any atom is 0.192 e. The first-order valence-electron chi connectivity index (χ1n) is 6.55. The van der Waals surface area contributed by atoms with Gasteiger partial charge in [0.05, 0.1) is 7.11 Å². The summed E-state index contributed by atoms with van der Waals surface area (Å²) < 4.78 is 6.10. The topological polar surface area (TPSA) is 35.3 Å². The fourth-order valence-electron chi connectivity index (χ4n) is 1.96. The molecule has 3 nitrogen and oxygen atoms in total. The first-order chi connectivity index (χ1) is 9.54. The number of methoxy groups -OCH3 is 1. The Labute approximate surface area is 119 Å². The molecule has 2 aromatic carbocycles. The molecule has 0 spiro atoms. The molecule has 104 valence electrons. The quantitative estimate of drug-likeness (QED) is 0.368. The second-order valence-corrected chi connectivity index (χ2v) is 5.15. The van der Waals surface area contributed by atoms with Crippen LogP contribution in [0.1, 0.15) is 25.0 Å². The van der Waals surface area contributed by atoms with Gasteiger partial charge in [0.1, 0.15) is 5.75 Å². The first-order valence-corrected chi connectivity index (χ1v) is 6.55. The predicted octanol–water partition coefficient (Wildman–Crippen LogP) is 3.56. The molecule has 0 aliphatic heterocycles. The van der Waals surface area contributed by atoms with E-state index >= 15 is 0 Å². The van der Waals surface area contributed by atoms with E-state index in [1.54, 1.807) is 13.3 Å². The lowest BCUT2D eigenvalue weighted by Gasteiger charge is -2.24. The second-order valence-electron chi connectivity index (χ2n) is 5.15. The third-order valence-corrected chi connectivity index (χ3v) is 3.41. The zero-order chi connectivity index (χ0) is 14.6. The first kappa shape index (κ1) is 14.1. The van der Waals surface area contributed by atoms with Gasteiger partial charge in [-0.3, -0.25) is 0 Å². The van der Waals surface area contributed by atoms with Crippen LogP contribution < -0.4 is 4.74 Å². The van der Waals surface area contributed by atoms with E-state index in [2.05, 4.69) is 0 Å². The lowest BCUT2D eigenvalue weighted by Crippen LogP contribution is -2.30. The summed E-state index contributed by atoms with van der Waals surface area (Å²) in [6.45, 7) is 3.82. The SMILES string of the molecule is COc1ccc(C=[N+]([O-])C(C)(C)c2ccccc2)cc1. The molecule has 0 aromatic heterocycles. The van der Waals surface area contributed by atoms with Crippen LogP contribution in [0.25, 0.3) is 0 Å². The summed E-state index contributed by atoms with van der Waals surface area (Å²) in [6.07, 6.45) is 1.60. The van der Waals surface area contributed by atoms with Gasteiger partial charge in [-0.05, 0) is 24.3 Å². The van der Waals surface area contributed by atoms with Crippen molar-refractivity contribution in [2.45, 2.75) is 19.4 Å². The third-order valence-electron chi connectivity index (χ3n) is 3.41. The van der Waals surface area contributed by atoms with Crippen molar-refractivity contribution in [1.29, 1.82) is 0 Å². The maximum atomic E-state index is 12.4. The summed E-state index contributed by atoms with van der Waals surface area (Å²) in [7, 11) is 1.62. The normalized spacial score (nSPS) is 12.2. The molecule has 0 aliphatic carbocycles. The van der Waals surface area contributed by atoms with Crippen LogP contribution in [0.5, 0.6) is 5.75 Å². The van der Waals surface area contributed by atoms with E-state index in [9.17, 15) is 5.21 Å². The molecule has 2 rings (SSSR count). The molecule has 2 aromatic rings. The largest absolute Gasteiger partial charge is 0.623 e. The summed E-state index contributed by atoms with van der Waals surface area (Å²) in [6, 6.07) is 17.2. The minimum Gasteiger partial charge on any atom is -0.623 e. The average Bonchev–Trinajstić information content (AvgIpc) is 2.49. The van der Waals surface area contributed by atoms with Crippen LogP contribution in [0.2, 0.25) is 0 Å². The van der Waals surface area contributed by atoms with Crippen molar-refractivity contribution in [3.05, 3.63) is 70.9 Å². The molecule has 0 N–H and O–H groups in total. The van der Waals surface area contributed by atoms with Crippen molar-refractivity contribution in [1.82, 2.24) is 0 Å². The van der Waals surface area contributed by atoms with Crippen molar-refractivity contribution in [2.75, 3.05) is 7.11 Å². The molecule has 3 heteroatoms. The highest BCUT2D eigenvalue weighted by Gasteiger charge is 2.28. The van der Waals surface area contributed by atoms with E-state index in [0.29, 0.717) is 0 Å². The van der Waals surface area contributed by atoms with Gasteiger partial charge in [0.15, 0.2) is 11.8 Å².